The molecule has 4 aromatic rings. The van der Waals surface area contributed by atoms with Gasteiger partial charge in [-0.1, -0.05) is 29.8 Å². The lowest BCUT2D eigenvalue weighted by Gasteiger charge is -2.11. The molecule has 1 heterocycles. The monoisotopic (exact) mass is 757 g/mol. The van der Waals surface area contributed by atoms with Crippen LogP contribution in [0.3, 0.4) is 0 Å². The van der Waals surface area contributed by atoms with E-state index in [1.54, 1.807) is 4.72 Å². The molecule has 0 atom stereocenters. The maximum absolute atomic E-state index is 12.6. The number of nitro groups is 1. The van der Waals surface area contributed by atoms with Gasteiger partial charge in [0.2, 0.25) is 27.7 Å². The molecule has 51 heavy (non-hydrogen) atoms. The molecule has 0 saturated heterocycles. The van der Waals surface area contributed by atoms with Gasteiger partial charge in [-0.15, -0.1) is 0 Å². The molecule has 0 aliphatic rings. The van der Waals surface area contributed by atoms with Crippen molar-refractivity contribution in [3.8, 4) is 23.3 Å². The fourth-order valence-corrected chi connectivity index (χ4v) is 5.11. The highest BCUT2D eigenvalue weighted by Crippen LogP contribution is 2.37. The normalized spacial score (nSPS) is 10.9. The van der Waals surface area contributed by atoms with Crippen molar-refractivity contribution in [1.29, 1.82) is 0 Å². The number of alkyl halides is 3. The number of hydrogen-bond donors (Lipinski definition) is 4. The third kappa shape index (κ3) is 11.2. The van der Waals surface area contributed by atoms with Crippen LogP contribution in [0.5, 0.6) is 23.3 Å². The zero-order chi connectivity index (χ0) is 38.1. The third-order valence-electron chi connectivity index (χ3n) is 6.05. The lowest BCUT2D eigenvalue weighted by molar-refractivity contribution is -0.385. The maximum atomic E-state index is 12.6. The largest absolute Gasteiger partial charge is 0.481 e. The number of hydrogen-bond acceptors (Lipinski definition) is 12. The van der Waals surface area contributed by atoms with E-state index in [0.29, 0.717) is 6.07 Å². The predicted octanol–water partition coefficient (Wildman–Crippen LogP) is 5.60. The number of nitrogens with zero attached hydrogens (tertiary/aromatic N) is 3. The summed E-state index contributed by atoms with van der Waals surface area (Å²) in [6.07, 6.45) is -4.58. The van der Waals surface area contributed by atoms with Crippen LogP contribution in [0.2, 0.25) is 5.02 Å². The quantitative estimate of drug-likeness (QED) is 0.107. The number of halogens is 4. The number of nitro benzene ring substituents is 1. The number of aromatic carboxylic acids is 2. The molecule has 0 spiro atoms. The summed E-state index contributed by atoms with van der Waals surface area (Å²) < 4.78 is 78.8. The number of carboxylic acid groups (broad SMARTS) is 2. The molecule has 0 aliphatic carbocycles. The number of aromatic nitrogens is 2. The Morgan fingerprint density at radius 2 is 1.53 bits per heavy atom. The maximum Gasteiger partial charge on any atom is 0.416 e. The second kappa shape index (κ2) is 16.5. The molecule has 0 saturated carbocycles. The van der Waals surface area contributed by atoms with Gasteiger partial charge in [0.1, 0.15) is 17.1 Å². The van der Waals surface area contributed by atoms with Gasteiger partial charge in [-0.05, 0) is 35.9 Å². The molecule has 3 aromatic carbocycles. The minimum Gasteiger partial charge on any atom is -0.481 e. The van der Waals surface area contributed by atoms with E-state index in [4.69, 9.17) is 36.0 Å². The van der Waals surface area contributed by atoms with Gasteiger partial charge < -0.3 is 24.4 Å². The van der Waals surface area contributed by atoms with Crippen LogP contribution in [0.25, 0.3) is 0 Å². The summed E-state index contributed by atoms with van der Waals surface area (Å²) in [6.45, 7) is 0. The van der Waals surface area contributed by atoms with Crippen LogP contribution < -0.4 is 24.2 Å². The molecule has 4 rings (SSSR count). The highest BCUT2D eigenvalue weighted by molar-refractivity contribution is 7.89. The van der Waals surface area contributed by atoms with E-state index >= 15 is 0 Å². The number of benzene rings is 3. The summed E-state index contributed by atoms with van der Waals surface area (Å²) in [4.78, 5) is 51.7. The Kier molecular flexibility index (Phi) is 12.7. The number of nitrogens with one attached hydrogen (secondary N) is 2. The van der Waals surface area contributed by atoms with Crippen LogP contribution in [-0.4, -0.2) is 65.7 Å². The standard InChI is InChI=1S/C15H16N4O7S.C14H7ClF3NO5/c1-25-11-7-12(26-2)17-14(16-11)18-15(22)19-27(23,24)8-9-5-3-4-6-10(9)13(20)21;15-10-5-7(14(16,17)18)1-4-12(10)24-8-2-3-11(19(22)23)9(6-8)13(20)21/h3-7H,8H2,1-2H3,(H,20,21)(H2,16,17,18,19,22);1-6H,(H,20,21). The number of amides is 2. The summed E-state index contributed by atoms with van der Waals surface area (Å²) in [5.41, 5.74) is -2.39. The van der Waals surface area contributed by atoms with Crippen molar-refractivity contribution >= 4 is 51.2 Å². The highest BCUT2D eigenvalue weighted by Gasteiger charge is 2.31. The van der Waals surface area contributed by atoms with E-state index in [1.165, 1.54) is 44.6 Å². The van der Waals surface area contributed by atoms with Crippen LogP contribution >= 0.6 is 11.6 Å². The molecule has 0 radical (unpaired) electrons. The Labute approximate surface area is 289 Å². The van der Waals surface area contributed by atoms with Crippen LogP contribution in [0.4, 0.5) is 29.6 Å². The molecule has 0 bridgehead atoms. The molecule has 4 N–H and O–H groups in total. The van der Waals surface area contributed by atoms with Crippen molar-refractivity contribution in [2.45, 2.75) is 11.9 Å². The molecule has 0 aliphatic heterocycles. The van der Waals surface area contributed by atoms with E-state index in [-0.39, 0.29) is 45.4 Å². The number of carbonyl (C=O) groups is 3. The first-order valence-electron chi connectivity index (χ1n) is 13.5. The van der Waals surface area contributed by atoms with Crippen LogP contribution in [0.15, 0.2) is 66.7 Å². The Bertz CT molecular complexity index is 2060. The molecular weight excluding hydrogens is 735 g/mol. The molecule has 270 valence electrons. The van der Waals surface area contributed by atoms with Gasteiger partial charge in [0.25, 0.3) is 5.69 Å². The number of ether oxygens (including phenoxy) is 3. The number of carboxylic acids is 2. The van der Waals surface area contributed by atoms with Crippen LogP contribution in [-0.2, 0) is 22.0 Å². The van der Waals surface area contributed by atoms with Crippen molar-refractivity contribution < 1.29 is 65.3 Å². The van der Waals surface area contributed by atoms with Crippen LogP contribution in [0, 0.1) is 10.1 Å². The second-order valence-corrected chi connectivity index (χ2v) is 11.7. The first kappa shape index (κ1) is 39.2. The molecular formula is C29H23ClF3N5O12S. The average molecular weight is 758 g/mol. The predicted molar refractivity (Wildman–Crippen MR) is 170 cm³/mol. The van der Waals surface area contributed by atoms with Crippen molar-refractivity contribution in [2.75, 3.05) is 19.5 Å². The third-order valence-corrected chi connectivity index (χ3v) is 7.53. The minimum atomic E-state index is -4.58. The van der Waals surface area contributed by atoms with E-state index in [0.717, 1.165) is 30.3 Å². The van der Waals surface area contributed by atoms with E-state index in [9.17, 15) is 46.1 Å². The Morgan fingerprint density at radius 1 is 0.922 bits per heavy atom. The molecule has 17 nitrogen and oxygen atoms in total. The summed E-state index contributed by atoms with van der Waals surface area (Å²) in [5, 5.41) is 30.6. The summed E-state index contributed by atoms with van der Waals surface area (Å²) >= 11 is 5.72. The van der Waals surface area contributed by atoms with Gasteiger partial charge in [-0.25, -0.2) is 27.5 Å². The Morgan fingerprint density at radius 3 is 2.06 bits per heavy atom. The van der Waals surface area contributed by atoms with E-state index in [1.807, 2.05) is 0 Å². The SMILES string of the molecule is COc1cc(OC)nc(NC(=O)NS(=O)(=O)Cc2ccccc2C(=O)O)n1.O=C(O)c1cc(Oc2ccc(C(F)(F)F)cc2Cl)ccc1[N+](=O)[O-]. The van der Waals surface area contributed by atoms with Crippen molar-refractivity contribution in [3.63, 3.8) is 0 Å². The lowest BCUT2D eigenvalue weighted by atomic mass is 10.1. The van der Waals surface area contributed by atoms with Gasteiger partial charge in [0.05, 0.1) is 47.1 Å². The Hall–Kier alpha value is -6.22. The first-order valence-corrected chi connectivity index (χ1v) is 15.5. The zero-order valence-electron chi connectivity index (χ0n) is 25.8. The summed E-state index contributed by atoms with van der Waals surface area (Å²) in [7, 11) is -1.50. The van der Waals surface area contributed by atoms with Crippen molar-refractivity contribution in [1.82, 2.24) is 14.7 Å². The van der Waals surface area contributed by atoms with Gasteiger partial charge in [-0.2, -0.15) is 23.1 Å². The number of methoxy groups -OCH3 is 2. The fourth-order valence-electron chi connectivity index (χ4n) is 3.83. The van der Waals surface area contributed by atoms with Gasteiger partial charge in [-0.3, -0.25) is 15.4 Å². The lowest BCUT2D eigenvalue weighted by Crippen LogP contribution is -2.36. The average Bonchev–Trinajstić information content (AvgIpc) is 3.04. The minimum absolute atomic E-state index is 0.0320. The number of sulfonamides is 1. The molecule has 22 heteroatoms. The zero-order valence-corrected chi connectivity index (χ0v) is 27.4. The van der Waals surface area contributed by atoms with Crippen molar-refractivity contribution in [2.24, 2.45) is 0 Å². The van der Waals surface area contributed by atoms with E-state index in [2.05, 4.69) is 15.3 Å². The molecule has 0 fully saturated rings. The smallest absolute Gasteiger partial charge is 0.416 e. The van der Waals surface area contributed by atoms with Gasteiger partial charge >= 0.3 is 24.1 Å². The molecule has 2 amide bonds. The van der Waals surface area contributed by atoms with E-state index < -0.39 is 61.7 Å². The molecule has 1 aromatic heterocycles. The fraction of sp³-hybridized carbons (Fsp3) is 0.138. The number of anilines is 1. The second-order valence-electron chi connectivity index (χ2n) is 9.54. The number of carbonyl (C=O) groups excluding carboxylic acids is 1. The Balaban J connectivity index is 0.000000277. The number of urea groups is 1. The molecule has 0 unspecified atom stereocenters. The van der Waals surface area contributed by atoms with Gasteiger partial charge in [0, 0.05) is 12.1 Å². The summed E-state index contributed by atoms with van der Waals surface area (Å²) in [5.74, 6) is -3.87. The summed E-state index contributed by atoms with van der Waals surface area (Å²) in [6, 6.07) is 11.1. The van der Waals surface area contributed by atoms with Crippen molar-refractivity contribution in [3.05, 3.63) is 104 Å². The topological polar surface area (TPSA) is 246 Å². The number of rotatable bonds is 11. The van der Waals surface area contributed by atoms with Crippen LogP contribution in [0.1, 0.15) is 31.8 Å². The first-order chi connectivity index (χ1) is 23.8. The highest BCUT2D eigenvalue weighted by atomic mass is 35.5. The van der Waals surface area contributed by atoms with Gasteiger partial charge in [0.15, 0.2) is 0 Å².